The van der Waals surface area contributed by atoms with Crippen LogP contribution >= 0.6 is 0 Å². The van der Waals surface area contributed by atoms with Crippen LogP contribution in [0.15, 0.2) is 24.4 Å². The van der Waals surface area contributed by atoms with Crippen molar-refractivity contribution in [2.75, 3.05) is 24.6 Å². The molecule has 0 N–H and O–H groups in total. The van der Waals surface area contributed by atoms with E-state index in [1.807, 2.05) is 18.2 Å². The first kappa shape index (κ1) is 17.2. The fourth-order valence-electron chi connectivity index (χ4n) is 3.42. The number of sulfone groups is 1. The zero-order chi connectivity index (χ0) is 17.3. The summed E-state index contributed by atoms with van der Waals surface area (Å²) in [5, 5.41) is 0. The molecule has 3 rings (SSSR count). The predicted molar refractivity (Wildman–Crippen MR) is 89.2 cm³/mol. The van der Waals surface area contributed by atoms with Crippen molar-refractivity contribution in [1.29, 1.82) is 0 Å². The highest BCUT2D eigenvalue weighted by Gasteiger charge is 2.48. The smallest absolute Gasteiger partial charge is 0.410 e. The maximum absolute atomic E-state index is 12.3. The summed E-state index contributed by atoms with van der Waals surface area (Å²) in [6, 6.07) is 5.15. The van der Waals surface area contributed by atoms with Crippen LogP contribution in [0, 0.1) is 0 Å². The second-order valence-corrected chi connectivity index (χ2v) is 8.78. The number of amides is 1. The van der Waals surface area contributed by atoms with Gasteiger partial charge in [0.2, 0.25) is 0 Å². The Morgan fingerprint density at radius 3 is 2.71 bits per heavy atom. The van der Waals surface area contributed by atoms with Crippen molar-refractivity contribution < 1.29 is 17.9 Å². The molecule has 24 heavy (non-hydrogen) atoms. The number of aromatic nitrogens is 1. The lowest BCUT2D eigenvalue weighted by atomic mass is 10.0. The van der Waals surface area contributed by atoms with Gasteiger partial charge in [0.25, 0.3) is 0 Å². The topological polar surface area (TPSA) is 79.8 Å². The first-order valence-corrected chi connectivity index (χ1v) is 9.99. The second-order valence-electron chi connectivity index (χ2n) is 6.63. The SMILES string of the molecule is CC(C)OC(=O)N1CCN(Cc2ccccn2)[C@@H]2CS(=O)(=O)C[C@@H]21. The predicted octanol–water partition coefficient (Wildman–Crippen LogP) is 0.910. The van der Waals surface area contributed by atoms with Gasteiger partial charge in [-0.1, -0.05) is 6.07 Å². The van der Waals surface area contributed by atoms with Crippen LogP contribution in [0.4, 0.5) is 4.79 Å². The molecule has 0 radical (unpaired) electrons. The minimum absolute atomic E-state index is 0.00355. The summed E-state index contributed by atoms with van der Waals surface area (Å²) in [5.74, 6) is 0.0829. The van der Waals surface area contributed by atoms with Crippen molar-refractivity contribution in [2.24, 2.45) is 0 Å². The fourth-order valence-corrected chi connectivity index (χ4v) is 5.43. The van der Waals surface area contributed by atoms with E-state index in [0.29, 0.717) is 19.6 Å². The Labute approximate surface area is 142 Å². The van der Waals surface area contributed by atoms with Crippen LogP contribution in [0.5, 0.6) is 0 Å². The normalized spacial score (nSPS) is 26.4. The number of carbonyl (C=O) groups excluding carboxylic acids is 1. The lowest BCUT2D eigenvalue weighted by molar-refractivity contribution is 0.0160. The number of ether oxygens (including phenoxy) is 1. The molecule has 0 spiro atoms. The molecule has 2 aliphatic heterocycles. The van der Waals surface area contributed by atoms with E-state index in [2.05, 4.69) is 9.88 Å². The number of piperazine rings is 1. The van der Waals surface area contributed by atoms with Gasteiger partial charge in [-0.2, -0.15) is 0 Å². The fraction of sp³-hybridized carbons (Fsp3) is 0.625. The van der Waals surface area contributed by atoms with E-state index < -0.39 is 15.9 Å². The van der Waals surface area contributed by atoms with Crippen molar-refractivity contribution in [2.45, 2.75) is 38.6 Å². The van der Waals surface area contributed by atoms with Crippen molar-refractivity contribution in [3.8, 4) is 0 Å². The Kier molecular flexibility index (Phi) is 4.78. The highest BCUT2D eigenvalue weighted by molar-refractivity contribution is 7.91. The highest BCUT2D eigenvalue weighted by atomic mass is 32.2. The molecule has 0 aliphatic carbocycles. The lowest BCUT2D eigenvalue weighted by Crippen LogP contribution is -2.60. The van der Waals surface area contributed by atoms with Gasteiger partial charge >= 0.3 is 6.09 Å². The van der Waals surface area contributed by atoms with E-state index in [1.54, 1.807) is 24.9 Å². The molecule has 2 saturated heterocycles. The van der Waals surface area contributed by atoms with Gasteiger partial charge in [0.15, 0.2) is 9.84 Å². The van der Waals surface area contributed by atoms with E-state index in [9.17, 15) is 13.2 Å². The summed E-state index contributed by atoms with van der Waals surface area (Å²) in [6.45, 7) is 5.25. The highest BCUT2D eigenvalue weighted by Crippen LogP contribution is 2.28. The van der Waals surface area contributed by atoms with Crippen LogP contribution in [0.1, 0.15) is 19.5 Å². The summed E-state index contributed by atoms with van der Waals surface area (Å²) >= 11 is 0. The molecule has 1 aromatic heterocycles. The summed E-state index contributed by atoms with van der Waals surface area (Å²) in [5.41, 5.74) is 0.902. The van der Waals surface area contributed by atoms with Gasteiger partial charge in [-0.3, -0.25) is 9.88 Å². The molecule has 0 unspecified atom stereocenters. The third kappa shape index (κ3) is 3.70. The van der Waals surface area contributed by atoms with Crippen LogP contribution in [-0.2, 0) is 21.1 Å². The minimum atomic E-state index is -3.16. The molecule has 0 aromatic carbocycles. The van der Waals surface area contributed by atoms with Gasteiger partial charge in [-0.05, 0) is 26.0 Å². The number of rotatable bonds is 3. The molecule has 0 saturated carbocycles. The Morgan fingerprint density at radius 2 is 2.04 bits per heavy atom. The number of pyridine rings is 1. The number of fused-ring (bicyclic) bond motifs is 1. The average molecular weight is 353 g/mol. The molecule has 7 nitrogen and oxygen atoms in total. The van der Waals surface area contributed by atoms with Gasteiger partial charge in [-0.15, -0.1) is 0 Å². The van der Waals surface area contributed by atoms with Crippen molar-refractivity contribution >= 4 is 15.9 Å². The molecule has 2 aliphatic rings. The summed E-state index contributed by atoms with van der Waals surface area (Å²) in [4.78, 5) is 20.3. The Hall–Kier alpha value is -1.67. The van der Waals surface area contributed by atoms with Crippen molar-refractivity contribution in [3.05, 3.63) is 30.1 Å². The zero-order valence-corrected chi connectivity index (χ0v) is 14.8. The standard InChI is InChI=1S/C16H23N3O4S/c1-12(2)23-16(20)19-8-7-18(9-13-5-3-4-6-17-13)14-10-24(21,22)11-15(14)19/h3-6,12,14-15H,7-11H2,1-2H3/t14-,15+/m1/s1. The molecule has 0 bridgehead atoms. The van der Waals surface area contributed by atoms with E-state index >= 15 is 0 Å². The molecule has 3 heterocycles. The third-order valence-electron chi connectivity index (χ3n) is 4.45. The van der Waals surface area contributed by atoms with E-state index in [0.717, 1.165) is 5.69 Å². The van der Waals surface area contributed by atoms with Crippen molar-refractivity contribution in [3.63, 3.8) is 0 Å². The number of hydrogen-bond acceptors (Lipinski definition) is 6. The summed E-state index contributed by atoms with van der Waals surface area (Å²) < 4.78 is 29.6. The monoisotopic (exact) mass is 353 g/mol. The third-order valence-corrected chi connectivity index (χ3v) is 6.15. The molecule has 1 amide bonds. The molecular weight excluding hydrogens is 330 g/mol. The molecule has 1 aromatic rings. The quantitative estimate of drug-likeness (QED) is 0.804. The lowest BCUT2D eigenvalue weighted by Gasteiger charge is -2.43. The minimum Gasteiger partial charge on any atom is -0.447 e. The average Bonchev–Trinajstić information content (AvgIpc) is 2.83. The van der Waals surface area contributed by atoms with E-state index in [-0.39, 0.29) is 29.7 Å². The van der Waals surface area contributed by atoms with Crippen molar-refractivity contribution in [1.82, 2.24) is 14.8 Å². The van der Waals surface area contributed by atoms with Gasteiger partial charge < -0.3 is 9.64 Å². The maximum Gasteiger partial charge on any atom is 0.410 e. The number of nitrogens with zero attached hydrogens (tertiary/aromatic N) is 3. The summed E-state index contributed by atoms with van der Waals surface area (Å²) in [6.07, 6.45) is 1.09. The number of hydrogen-bond donors (Lipinski definition) is 0. The second kappa shape index (κ2) is 6.68. The number of carbonyl (C=O) groups is 1. The Morgan fingerprint density at radius 1 is 1.29 bits per heavy atom. The van der Waals surface area contributed by atoms with Crippen LogP contribution < -0.4 is 0 Å². The molecular formula is C16H23N3O4S. The van der Waals surface area contributed by atoms with E-state index in [1.165, 1.54) is 0 Å². The zero-order valence-electron chi connectivity index (χ0n) is 14.0. The maximum atomic E-state index is 12.3. The van der Waals surface area contributed by atoms with Gasteiger partial charge in [0, 0.05) is 31.9 Å². The molecule has 2 fully saturated rings. The Balaban J connectivity index is 1.78. The first-order chi connectivity index (χ1) is 11.4. The Bertz CT molecular complexity index is 693. The van der Waals surface area contributed by atoms with Crippen LogP contribution in [0.3, 0.4) is 0 Å². The largest absolute Gasteiger partial charge is 0.447 e. The molecule has 8 heteroatoms. The van der Waals surface area contributed by atoms with E-state index in [4.69, 9.17) is 4.74 Å². The summed E-state index contributed by atoms with van der Waals surface area (Å²) in [7, 11) is -3.16. The molecule has 132 valence electrons. The first-order valence-electron chi connectivity index (χ1n) is 8.17. The molecule has 2 atom stereocenters. The van der Waals surface area contributed by atoms with Crippen LogP contribution in [0.25, 0.3) is 0 Å². The van der Waals surface area contributed by atoms with Gasteiger partial charge in [0.05, 0.1) is 29.3 Å². The van der Waals surface area contributed by atoms with Gasteiger partial charge in [-0.25, -0.2) is 13.2 Å². The van der Waals surface area contributed by atoms with Gasteiger partial charge in [0.1, 0.15) is 0 Å². The van der Waals surface area contributed by atoms with Crippen LogP contribution in [-0.4, -0.2) is 72.1 Å². The van der Waals surface area contributed by atoms with Crippen LogP contribution in [0.2, 0.25) is 0 Å².